The maximum absolute atomic E-state index is 12.9. The lowest BCUT2D eigenvalue weighted by atomic mass is 9.32. The van der Waals surface area contributed by atoms with Crippen LogP contribution in [0, 0.1) is 62.6 Å². The Morgan fingerprint density at radius 1 is 0.875 bits per heavy atom. The Bertz CT molecular complexity index is 1030. The predicted octanol–water partition coefficient (Wildman–Crippen LogP) is 7.85. The first-order chi connectivity index (χ1) is 18.3. The van der Waals surface area contributed by atoms with Gasteiger partial charge in [0.15, 0.2) is 0 Å². The standard InChI is InChI=1S/C35H59NO4/c1-21(2)22-12-17-35(36)19-18-33(8)23(28(22)35)10-11-25-32(7)15-14-26(40-27(37)20-30(3,4)29(38)39)31(5,6)24(32)13-16-34(25,33)9/h21-26,28H,10-20,36H2,1-9H3,(H,38,39)/t22-,23+,24-,25+,26-,28+,32-,33+,34+,35-/m0/s1. The van der Waals surface area contributed by atoms with Gasteiger partial charge in [0, 0.05) is 11.0 Å². The minimum absolute atomic E-state index is 0.0442. The minimum atomic E-state index is -1.11. The lowest BCUT2D eigenvalue weighted by Gasteiger charge is -2.73. The second-order valence-corrected chi connectivity index (χ2v) is 17.6. The molecule has 5 saturated carbocycles. The van der Waals surface area contributed by atoms with Crippen molar-refractivity contribution in [1.29, 1.82) is 0 Å². The zero-order valence-electron chi connectivity index (χ0n) is 27.1. The van der Waals surface area contributed by atoms with Crippen molar-refractivity contribution in [1.82, 2.24) is 0 Å². The number of rotatable bonds is 5. The Hall–Kier alpha value is -1.10. The molecule has 0 aromatic heterocycles. The van der Waals surface area contributed by atoms with E-state index in [-0.39, 0.29) is 34.9 Å². The lowest BCUT2D eigenvalue weighted by molar-refractivity contribution is -0.246. The third-order valence-electron chi connectivity index (χ3n) is 14.8. The molecule has 0 heterocycles. The molecule has 3 N–H and O–H groups in total. The van der Waals surface area contributed by atoms with E-state index in [4.69, 9.17) is 10.5 Å². The normalized spacial score (nSPS) is 48.0. The molecule has 10 atom stereocenters. The Labute approximate surface area is 244 Å². The molecule has 0 radical (unpaired) electrons. The van der Waals surface area contributed by atoms with Gasteiger partial charge in [0.2, 0.25) is 0 Å². The van der Waals surface area contributed by atoms with E-state index < -0.39 is 11.4 Å². The Morgan fingerprint density at radius 3 is 2.17 bits per heavy atom. The Morgan fingerprint density at radius 2 is 1.55 bits per heavy atom. The summed E-state index contributed by atoms with van der Waals surface area (Å²) in [5, 5.41) is 9.52. The molecule has 5 aliphatic rings. The number of carbonyl (C=O) groups excluding carboxylic acids is 1. The third-order valence-corrected chi connectivity index (χ3v) is 14.8. The molecule has 0 aliphatic heterocycles. The highest BCUT2D eigenvalue weighted by Gasteiger charge is 2.70. The van der Waals surface area contributed by atoms with E-state index >= 15 is 0 Å². The molecular formula is C35H59NO4. The quantitative estimate of drug-likeness (QED) is 0.336. The van der Waals surface area contributed by atoms with Gasteiger partial charge >= 0.3 is 11.9 Å². The molecule has 0 bridgehead atoms. The zero-order chi connectivity index (χ0) is 29.7. The monoisotopic (exact) mass is 557 g/mol. The van der Waals surface area contributed by atoms with Gasteiger partial charge in [0.25, 0.3) is 0 Å². The van der Waals surface area contributed by atoms with Crippen molar-refractivity contribution < 1.29 is 19.4 Å². The smallest absolute Gasteiger partial charge is 0.309 e. The van der Waals surface area contributed by atoms with Crippen LogP contribution in [0.5, 0.6) is 0 Å². The van der Waals surface area contributed by atoms with Gasteiger partial charge in [0.05, 0.1) is 11.8 Å². The van der Waals surface area contributed by atoms with Gasteiger partial charge in [-0.05, 0) is 130 Å². The topological polar surface area (TPSA) is 89.6 Å². The van der Waals surface area contributed by atoms with E-state index in [2.05, 4.69) is 48.5 Å². The van der Waals surface area contributed by atoms with E-state index in [1.807, 2.05) is 0 Å². The average Bonchev–Trinajstić information content (AvgIpc) is 3.19. The van der Waals surface area contributed by atoms with E-state index in [9.17, 15) is 14.7 Å². The summed E-state index contributed by atoms with van der Waals surface area (Å²) < 4.78 is 6.13. The van der Waals surface area contributed by atoms with Crippen molar-refractivity contribution >= 4 is 11.9 Å². The molecule has 5 nitrogen and oxygen atoms in total. The van der Waals surface area contributed by atoms with Crippen LogP contribution in [0.3, 0.4) is 0 Å². The highest BCUT2D eigenvalue weighted by molar-refractivity contribution is 5.81. The minimum Gasteiger partial charge on any atom is -0.481 e. The van der Waals surface area contributed by atoms with Crippen LogP contribution in [0.25, 0.3) is 0 Å². The summed E-state index contributed by atoms with van der Waals surface area (Å²) in [6.45, 7) is 20.6. The molecule has 0 unspecified atom stereocenters. The molecule has 40 heavy (non-hydrogen) atoms. The van der Waals surface area contributed by atoms with E-state index in [0.29, 0.717) is 34.5 Å². The first kappa shape index (κ1) is 30.4. The molecule has 228 valence electrons. The number of ether oxygens (including phenoxy) is 1. The van der Waals surface area contributed by atoms with E-state index in [1.54, 1.807) is 13.8 Å². The summed E-state index contributed by atoms with van der Waals surface area (Å²) in [5.74, 6) is 2.69. The van der Waals surface area contributed by atoms with Gasteiger partial charge in [0.1, 0.15) is 6.10 Å². The number of carbonyl (C=O) groups is 2. The highest BCUT2D eigenvalue weighted by Crippen LogP contribution is 2.76. The maximum atomic E-state index is 12.9. The Kier molecular flexibility index (Phi) is 7.17. The van der Waals surface area contributed by atoms with Crippen molar-refractivity contribution in [2.45, 2.75) is 145 Å². The maximum Gasteiger partial charge on any atom is 0.309 e. The van der Waals surface area contributed by atoms with Crippen molar-refractivity contribution in [2.24, 2.45) is 68.3 Å². The fourth-order valence-electron chi connectivity index (χ4n) is 12.3. The second-order valence-electron chi connectivity index (χ2n) is 17.6. The number of carboxylic acids is 1. The molecule has 0 spiro atoms. The number of fused-ring (bicyclic) bond motifs is 7. The van der Waals surface area contributed by atoms with Gasteiger partial charge in [-0.2, -0.15) is 0 Å². The molecule has 0 amide bonds. The highest BCUT2D eigenvalue weighted by atomic mass is 16.5. The molecule has 5 heteroatoms. The SMILES string of the molecule is CC(C)[C@@H]1CC[C@]2(N)CC[C@]3(C)[C@H](CC[C@@H]4[C@@]5(C)CC[C@H](OC(=O)CC(C)(C)C(=O)O)C(C)(C)[C@@H]5CC[C@]43C)[C@@H]12. The fourth-order valence-corrected chi connectivity index (χ4v) is 12.3. The van der Waals surface area contributed by atoms with Crippen LogP contribution in [0.4, 0.5) is 0 Å². The number of hydrogen-bond donors (Lipinski definition) is 2. The van der Waals surface area contributed by atoms with Crippen LogP contribution in [0.2, 0.25) is 0 Å². The van der Waals surface area contributed by atoms with Crippen molar-refractivity contribution in [3.8, 4) is 0 Å². The van der Waals surface area contributed by atoms with Crippen LogP contribution >= 0.6 is 0 Å². The van der Waals surface area contributed by atoms with Crippen LogP contribution in [0.15, 0.2) is 0 Å². The van der Waals surface area contributed by atoms with E-state index in [0.717, 1.165) is 24.7 Å². The molecular weight excluding hydrogens is 498 g/mol. The first-order valence-corrected chi connectivity index (χ1v) is 16.6. The number of nitrogens with two attached hydrogens (primary N) is 1. The summed E-state index contributed by atoms with van der Waals surface area (Å²) in [7, 11) is 0. The van der Waals surface area contributed by atoms with Crippen molar-refractivity contribution in [3.63, 3.8) is 0 Å². The molecule has 0 aromatic carbocycles. The largest absolute Gasteiger partial charge is 0.481 e. The lowest BCUT2D eigenvalue weighted by Crippen LogP contribution is -2.68. The summed E-state index contributed by atoms with van der Waals surface area (Å²) in [6, 6.07) is 0. The molecule has 5 fully saturated rings. The predicted molar refractivity (Wildman–Crippen MR) is 159 cm³/mol. The zero-order valence-corrected chi connectivity index (χ0v) is 27.1. The van der Waals surface area contributed by atoms with Crippen LogP contribution < -0.4 is 5.73 Å². The van der Waals surface area contributed by atoms with Gasteiger partial charge in [-0.3, -0.25) is 9.59 Å². The van der Waals surface area contributed by atoms with Crippen molar-refractivity contribution in [3.05, 3.63) is 0 Å². The third kappa shape index (κ3) is 4.16. The average molecular weight is 558 g/mol. The molecule has 5 aliphatic carbocycles. The molecule has 0 aromatic rings. The number of esters is 1. The first-order valence-electron chi connectivity index (χ1n) is 16.6. The summed E-state index contributed by atoms with van der Waals surface area (Å²) in [4.78, 5) is 24.5. The molecule has 0 saturated heterocycles. The summed E-state index contributed by atoms with van der Waals surface area (Å²) in [6.07, 6.45) is 11.7. The van der Waals surface area contributed by atoms with Gasteiger partial charge in [-0.1, -0.05) is 48.5 Å². The van der Waals surface area contributed by atoms with Crippen LogP contribution in [-0.2, 0) is 14.3 Å². The fraction of sp³-hybridized carbons (Fsp3) is 0.943. The molecule has 5 rings (SSSR count). The number of hydrogen-bond acceptors (Lipinski definition) is 4. The van der Waals surface area contributed by atoms with Gasteiger partial charge in [-0.25, -0.2) is 0 Å². The van der Waals surface area contributed by atoms with E-state index in [1.165, 1.54) is 51.4 Å². The van der Waals surface area contributed by atoms with Gasteiger partial charge < -0.3 is 15.6 Å². The summed E-state index contributed by atoms with van der Waals surface area (Å²) in [5.41, 5.74) is 6.92. The number of aliphatic carboxylic acids is 1. The second kappa shape index (κ2) is 9.45. The van der Waals surface area contributed by atoms with Crippen LogP contribution in [0.1, 0.15) is 133 Å². The van der Waals surface area contributed by atoms with Crippen molar-refractivity contribution in [2.75, 3.05) is 0 Å². The summed E-state index contributed by atoms with van der Waals surface area (Å²) >= 11 is 0. The van der Waals surface area contributed by atoms with Gasteiger partial charge in [-0.15, -0.1) is 0 Å². The number of carboxylic acid groups (broad SMARTS) is 1. The van der Waals surface area contributed by atoms with Crippen LogP contribution in [-0.4, -0.2) is 28.7 Å². The Balaban J connectivity index is 1.40.